The van der Waals surface area contributed by atoms with Crippen molar-refractivity contribution in [2.45, 2.75) is 32.7 Å². The summed E-state index contributed by atoms with van der Waals surface area (Å²) in [7, 11) is 0. The lowest BCUT2D eigenvalue weighted by Gasteiger charge is -2.21. The Balaban J connectivity index is 0.000000706. The molecule has 0 saturated carbocycles. The van der Waals surface area contributed by atoms with Crippen molar-refractivity contribution >= 4 is 6.47 Å². The minimum atomic E-state index is -0.250. The molecule has 3 aromatic heterocycles. The molecular weight excluding hydrogens is 358 g/mol. The van der Waals surface area contributed by atoms with Crippen LogP contribution in [0.5, 0.6) is 0 Å². The van der Waals surface area contributed by atoms with Gasteiger partial charge in [-0.15, -0.1) is 0 Å². The number of imidazole rings is 2. The van der Waals surface area contributed by atoms with Crippen LogP contribution in [0.4, 0.5) is 0 Å². The fraction of sp³-hybridized carbons (Fsp3) is 0.400. The number of hydrogen-bond acceptors (Lipinski definition) is 5. The van der Waals surface area contributed by atoms with Crippen LogP contribution in [0, 0.1) is 12.8 Å². The van der Waals surface area contributed by atoms with Gasteiger partial charge in [-0.2, -0.15) is 0 Å². The van der Waals surface area contributed by atoms with Gasteiger partial charge in [0, 0.05) is 42.8 Å². The number of aromatic nitrogens is 5. The van der Waals surface area contributed by atoms with Gasteiger partial charge in [-0.05, 0) is 31.0 Å². The molecule has 4 rings (SSSR count). The molecule has 28 heavy (non-hydrogen) atoms. The van der Waals surface area contributed by atoms with E-state index in [9.17, 15) is 0 Å². The number of carboxylic acid groups (broad SMARTS) is 1. The smallest absolute Gasteiger partial charge is 0.290 e. The van der Waals surface area contributed by atoms with Crippen LogP contribution in [0.1, 0.15) is 30.0 Å². The number of rotatable bonds is 5. The number of ether oxygens (including phenoxy) is 1. The van der Waals surface area contributed by atoms with E-state index in [-0.39, 0.29) is 12.5 Å². The fourth-order valence-corrected chi connectivity index (χ4v) is 3.58. The number of aryl methyl sites for hydroxylation is 2. The van der Waals surface area contributed by atoms with Crippen molar-refractivity contribution in [1.29, 1.82) is 0 Å². The van der Waals surface area contributed by atoms with Gasteiger partial charge in [-0.3, -0.25) is 9.78 Å². The Labute approximate surface area is 163 Å². The predicted octanol–water partition coefficient (Wildman–Crippen LogP) is 2.67. The highest BCUT2D eigenvalue weighted by Crippen LogP contribution is 2.32. The first-order valence-corrected chi connectivity index (χ1v) is 9.31. The van der Waals surface area contributed by atoms with Crippen LogP contribution < -0.4 is 0 Å². The highest BCUT2D eigenvalue weighted by atomic mass is 16.5. The summed E-state index contributed by atoms with van der Waals surface area (Å²) >= 11 is 0. The highest BCUT2D eigenvalue weighted by Gasteiger charge is 2.32. The van der Waals surface area contributed by atoms with Crippen molar-refractivity contribution in [1.82, 2.24) is 24.5 Å². The molecule has 0 aromatic carbocycles. The summed E-state index contributed by atoms with van der Waals surface area (Å²) in [5.74, 6) is 2.34. The summed E-state index contributed by atoms with van der Waals surface area (Å²) in [6, 6.07) is 4.43. The Morgan fingerprint density at radius 1 is 1.32 bits per heavy atom. The van der Waals surface area contributed by atoms with Crippen molar-refractivity contribution in [3.63, 3.8) is 0 Å². The number of pyridine rings is 1. The maximum absolute atomic E-state index is 8.36. The molecule has 3 aromatic rings. The Kier molecular flexibility index (Phi) is 6.54. The van der Waals surface area contributed by atoms with Crippen LogP contribution in [0.3, 0.4) is 0 Å². The maximum atomic E-state index is 8.36. The van der Waals surface area contributed by atoms with E-state index in [1.54, 1.807) is 0 Å². The topological polar surface area (TPSA) is 106 Å². The van der Waals surface area contributed by atoms with Crippen molar-refractivity contribution in [3.8, 4) is 11.5 Å². The van der Waals surface area contributed by atoms with Gasteiger partial charge in [-0.25, -0.2) is 9.97 Å². The number of H-pyrrole nitrogens is 1. The molecule has 8 heteroatoms. The van der Waals surface area contributed by atoms with E-state index >= 15 is 0 Å². The van der Waals surface area contributed by atoms with Crippen molar-refractivity contribution in [2.24, 2.45) is 5.92 Å². The quantitative estimate of drug-likeness (QED) is 0.656. The van der Waals surface area contributed by atoms with Crippen LogP contribution in [-0.2, 0) is 22.4 Å². The van der Waals surface area contributed by atoms with E-state index in [0.717, 1.165) is 42.5 Å². The molecule has 0 aliphatic carbocycles. The lowest BCUT2D eigenvalue weighted by atomic mass is 9.95. The Morgan fingerprint density at radius 2 is 2.07 bits per heavy atom. The third-order valence-electron chi connectivity index (χ3n) is 4.92. The summed E-state index contributed by atoms with van der Waals surface area (Å²) < 4.78 is 8.06. The van der Waals surface area contributed by atoms with Gasteiger partial charge in [-0.1, -0.05) is 6.92 Å². The van der Waals surface area contributed by atoms with Gasteiger partial charge in [0.15, 0.2) is 5.82 Å². The molecule has 1 aliphatic heterocycles. The van der Waals surface area contributed by atoms with Gasteiger partial charge >= 0.3 is 0 Å². The normalized spacial score (nSPS) is 18.5. The first-order valence-electron chi connectivity index (χ1n) is 9.31. The second-order valence-corrected chi connectivity index (χ2v) is 6.70. The molecule has 8 nitrogen and oxygen atoms in total. The lowest BCUT2D eigenvalue weighted by molar-refractivity contribution is -0.122. The number of carbonyl (C=O) groups is 1. The van der Waals surface area contributed by atoms with E-state index in [4.69, 9.17) is 19.6 Å². The number of nitrogens with one attached hydrogen (secondary N) is 1. The molecular formula is C20H25N5O3. The van der Waals surface area contributed by atoms with Gasteiger partial charge in [0.2, 0.25) is 0 Å². The molecule has 1 aliphatic rings. The van der Waals surface area contributed by atoms with Gasteiger partial charge in [0.1, 0.15) is 11.5 Å². The molecule has 2 N–H and O–H groups in total. The predicted molar refractivity (Wildman–Crippen MR) is 104 cm³/mol. The Bertz CT molecular complexity index is 890. The van der Waals surface area contributed by atoms with Crippen LogP contribution in [-0.4, -0.2) is 49.3 Å². The SMILES string of the molecule is CCc1nc(-c2nccn2[C@@H]2COC[C@@H]2Cc2ccncc2)c(C)[nH]1.O=CO. The zero-order valence-corrected chi connectivity index (χ0v) is 16.1. The number of hydrogen-bond donors (Lipinski definition) is 2. The van der Waals surface area contributed by atoms with Crippen molar-refractivity contribution in [2.75, 3.05) is 13.2 Å². The molecule has 4 heterocycles. The first kappa shape index (κ1) is 19.8. The Morgan fingerprint density at radius 3 is 2.75 bits per heavy atom. The third-order valence-corrected chi connectivity index (χ3v) is 4.92. The van der Waals surface area contributed by atoms with E-state index in [1.807, 2.05) is 24.8 Å². The summed E-state index contributed by atoms with van der Waals surface area (Å²) in [5, 5.41) is 6.89. The molecule has 0 radical (unpaired) electrons. The average molecular weight is 383 g/mol. The van der Waals surface area contributed by atoms with E-state index in [2.05, 4.69) is 45.5 Å². The molecule has 148 valence electrons. The second kappa shape index (κ2) is 9.27. The van der Waals surface area contributed by atoms with E-state index in [0.29, 0.717) is 12.5 Å². The monoisotopic (exact) mass is 383 g/mol. The average Bonchev–Trinajstić information content (AvgIpc) is 3.42. The van der Waals surface area contributed by atoms with Crippen LogP contribution >= 0.6 is 0 Å². The maximum Gasteiger partial charge on any atom is 0.290 e. The molecule has 2 atom stereocenters. The van der Waals surface area contributed by atoms with Gasteiger partial charge in [0.25, 0.3) is 6.47 Å². The van der Waals surface area contributed by atoms with Gasteiger partial charge < -0.3 is 19.4 Å². The molecule has 1 saturated heterocycles. The lowest BCUT2D eigenvalue weighted by Crippen LogP contribution is -2.20. The molecule has 1 fully saturated rings. The standard InChI is InChI=1S/C19H23N5O.CH2O2/c1-3-17-22-13(2)18(23-17)19-21-8-9-24(19)16-12-25-11-15(16)10-14-4-6-20-7-5-14;2-1-3/h4-9,15-16H,3,10-12H2,1-2H3,(H,22,23);1H,(H,2,3)/t15-,16+;/m0./s1. The number of nitrogens with zero attached hydrogens (tertiary/aromatic N) is 4. The minimum Gasteiger partial charge on any atom is -0.483 e. The molecule has 0 bridgehead atoms. The molecule has 0 spiro atoms. The second-order valence-electron chi connectivity index (χ2n) is 6.70. The minimum absolute atomic E-state index is 0.250. The fourth-order valence-electron chi connectivity index (χ4n) is 3.58. The van der Waals surface area contributed by atoms with Crippen LogP contribution in [0.15, 0.2) is 36.9 Å². The Hall–Kier alpha value is -3.00. The summed E-state index contributed by atoms with van der Waals surface area (Å²) in [6.45, 7) is 5.39. The first-order chi connectivity index (χ1) is 13.7. The summed E-state index contributed by atoms with van der Waals surface area (Å²) in [5.41, 5.74) is 3.30. The van der Waals surface area contributed by atoms with E-state index in [1.165, 1.54) is 5.56 Å². The van der Waals surface area contributed by atoms with E-state index < -0.39 is 0 Å². The summed E-state index contributed by atoms with van der Waals surface area (Å²) in [4.78, 5) is 25.1. The third kappa shape index (κ3) is 4.28. The molecule has 0 amide bonds. The van der Waals surface area contributed by atoms with Crippen molar-refractivity contribution in [3.05, 3.63) is 54.0 Å². The van der Waals surface area contributed by atoms with Crippen LogP contribution in [0.2, 0.25) is 0 Å². The van der Waals surface area contributed by atoms with Crippen molar-refractivity contribution < 1.29 is 14.6 Å². The number of aromatic amines is 1. The largest absolute Gasteiger partial charge is 0.483 e. The van der Waals surface area contributed by atoms with Gasteiger partial charge in [0.05, 0.1) is 19.3 Å². The highest BCUT2D eigenvalue weighted by molar-refractivity contribution is 5.54. The zero-order chi connectivity index (χ0) is 19.9. The van der Waals surface area contributed by atoms with Crippen LogP contribution in [0.25, 0.3) is 11.5 Å². The summed E-state index contributed by atoms with van der Waals surface area (Å²) in [6.07, 6.45) is 9.47. The molecule has 0 unspecified atom stereocenters. The zero-order valence-electron chi connectivity index (χ0n) is 16.1.